The van der Waals surface area contributed by atoms with E-state index >= 15 is 4.39 Å². The number of hydrogen-bond donors (Lipinski definition) is 0. The number of fused-ring (bicyclic) bond motifs is 1. The molecule has 0 amide bonds. The first-order chi connectivity index (χ1) is 14.1. The van der Waals surface area contributed by atoms with Gasteiger partial charge in [0.2, 0.25) is 0 Å². The molecule has 2 aromatic carbocycles. The maximum atomic E-state index is 15.0. The summed E-state index contributed by atoms with van der Waals surface area (Å²) in [5.74, 6) is -0.541. The van der Waals surface area contributed by atoms with Gasteiger partial charge < -0.3 is 0 Å². The first-order valence-electron chi connectivity index (χ1n) is 11.3. The second-order valence-corrected chi connectivity index (χ2v) is 9.08. The summed E-state index contributed by atoms with van der Waals surface area (Å²) in [6, 6.07) is 8.55. The molecule has 0 saturated heterocycles. The maximum Gasteiger partial charge on any atom is 0.162 e. The highest BCUT2D eigenvalue weighted by Gasteiger charge is 2.27. The van der Waals surface area contributed by atoms with Gasteiger partial charge in [0.25, 0.3) is 0 Å². The van der Waals surface area contributed by atoms with Gasteiger partial charge >= 0.3 is 0 Å². The van der Waals surface area contributed by atoms with Crippen LogP contribution in [-0.4, -0.2) is 0 Å². The van der Waals surface area contributed by atoms with Crippen LogP contribution in [0.3, 0.4) is 0 Å². The van der Waals surface area contributed by atoms with E-state index in [2.05, 4.69) is 13.0 Å². The molecule has 2 aliphatic rings. The second-order valence-electron chi connectivity index (χ2n) is 9.08. The van der Waals surface area contributed by atoms with Gasteiger partial charge in [-0.1, -0.05) is 44.4 Å². The standard InChI is InChI=1S/C26H31F3/c1-2-3-4-17-5-7-18(8-6-17)20-11-13-22(25(28)16-20)21-10-9-19-12-14-24(27)26(29)23(19)15-21/h11-14,16-18,21H,2-10,15H2,1H3. The van der Waals surface area contributed by atoms with E-state index in [9.17, 15) is 8.78 Å². The van der Waals surface area contributed by atoms with E-state index in [4.69, 9.17) is 0 Å². The molecule has 0 aromatic heterocycles. The Hall–Kier alpha value is -1.77. The lowest BCUT2D eigenvalue weighted by Crippen LogP contribution is -2.17. The summed E-state index contributed by atoms with van der Waals surface area (Å²) in [6.45, 7) is 2.24. The molecule has 1 saturated carbocycles. The van der Waals surface area contributed by atoms with Crippen molar-refractivity contribution in [3.8, 4) is 0 Å². The Bertz CT molecular complexity index is 849. The SMILES string of the molecule is CCCCC1CCC(c2ccc(C3CCc4ccc(F)c(F)c4C3)c(F)c2)CC1. The molecule has 4 rings (SSSR count). The summed E-state index contributed by atoms with van der Waals surface area (Å²) in [5.41, 5.74) is 3.04. The number of benzene rings is 2. The molecular formula is C26H31F3. The van der Waals surface area contributed by atoms with Gasteiger partial charge in [-0.2, -0.15) is 0 Å². The van der Waals surface area contributed by atoms with Crippen molar-refractivity contribution >= 4 is 0 Å². The van der Waals surface area contributed by atoms with Crippen molar-refractivity contribution < 1.29 is 13.2 Å². The zero-order valence-electron chi connectivity index (χ0n) is 17.3. The minimum Gasteiger partial charge on any atom is -0.207 e. The van der Waals surface area contributed by atoms with Gasteiger partial charge in [0.1, 0.15) is 5.82 Å². The third kappa shape index (κ3) is 4.39. The third-order valence-electron chi connectivity index (χ3n) is 7.25. The van der Waals surface area contributed by atoms with Crippen LogP contribution < -0.4 is 0 Å². The molecule has 0 spiro atoms. The van der Waals surface area contributed by atoms with Crippen molar-refractivity contribution in [2.75, 3.05) is 0 Å². The Kier molecular flexibility index (Phi) is 6.32. The Balaban J connectivity index is 1.45. The van der Waals surface area contributed by atoms with E-state index in [1.807, 2.05) is 6.07 Å². The van der Waals surface area contributed by atoms with Crippen molar-refractivity contribution in [1.82, 2.24) is 0 Å². The predicted octanol–water partition coefficient (Wildman–Crippen LogP) is 7.84. The van der Waals surface area contributed by atoms with Crippen molar-refractivity contribution in [2.45, 2.75) is 83.0 Å². The summed E-state index contributed by atoms with van der Waals surface area (Å²) >= 11 is 0. The van der Waals surface area contributed by atoms with Crippen LogP contribution in [0.1, 0.15) is 92.4 Å². The summed E-state index contributed by atoms with van der Waals surface area (Å²) in [6.07, 6.45) is 10.5. The quantitative estimate of drug-likeness (QED) is 0.479. The van der Waals surface area contributed by atoms with Crippen LogP contribution in [-0.2, 0) is 12.8 Å². The molecule has 29 heavy (non-hydrogen) atoms. The largest absolute Gasteiger partial charge is 0.207 e. The molecule has 0 heterocycles. The summed E-state index contributed by atoms with van der Waals surface area (Å²) < 4.78 is 42.9. The highest BCUT2D eigenvalue weighted by atomic mass is 19.2. The van der Waals surface area contributed by atoms with Gasteiger partial charge in [0.05, 0.1) is 0 Å². The van der Waals surface area contributed by atoms with Crippen LogP contribution in [0.15, 0.2) is 30.3 Å². The lowest BCUT2D eigenvalue weighted by Gasteiger charge is -2.30. The van der Waals surface area contributed by atoms with E-state index in [1.165, 1.54) is 38.2 Å². The van der Waals surface area contributed by atoms with Crippen molar-refractivity contribution in [1.29, 1.82) is 0 Å². The fourth-order valence-corrected chi connectivity index (χ4v) is 5.44. The monoisotopic (exact) mass is 400 g/mol. The molecule has 1 atom stereocenters. The first kappa shape index (κ1) is 20.5. The lowest BCUT2D eigenvalue weighted by atomic mass is 9.76. The topological polar surface area (TPSA) is 0 Å². The first-order valence-corrected chi connectivity index (χ1v) is 11.3. The summed E-state index contributed by atoms with van der Waals surface area (Å²) in [7, 11) is 0. The van der Waals surface area contributed by atoms with E-state index in [0.717, 1.165) is 36.3 Å². The van der Waals surface area contributed by atoms with Crippen LogP contribution in [0, 0.1) is 23.4 Å². The Morgan fingerprint density at radius 2 is 1.66 bits per heavy atom. The van der Waals surface area contributed by atoms with Crippen molar-refractivity contribution in [3.05, 3.63) is 70.0 Å². The minimum absolute atomic E-state index is 0.0855. The Labute approximate surface area is 172 Å². The van der Waals surface area contributed by atoms with E-state index in [1.54, 1.807) is 12.1 Å². The van der Waals surface area contributed by atoms with Gasteiger partial charge in [-0.15, -0.1) is 0 Å². The molecular weight excluding hydrogens is 369 g/mol. The van der Waals surface area contributed by atoms with Crippen LogP contribution in [0.25, 0.3) is 0 Å². The van der Waals surface area contributed by atoms with Crippen molar-refractivity contribution in [3.63, 3.8) is 0 Å². The Morgan fingerprint density at radius 3 is 2.38 bits per heavy atom. The Morgan fingerprint density at radius 1 is 0.862 bits per heavy atom. The van der Waals surface area contributed by atoms with E-state index in [-0.39, 0.29) is 11.7 Å². The molecule has 3 heteroatoms. The predicted molar refractivity (Wildman–Crippen MR) is 112 cm³/mol. The average Bonchev–Trinajstić information content (AvgIpc) is 2.75. The molecule has 0 N–H and O–H groups in total. The smallest absolute Gasteiger partial charge is 0.162 e. The number of hydrogen-bond acceptors (Lipinski definition) is 0. The third-order valence-corrected chi connectivity index (χ3v) is 7.25. The molecule has 1 unspecified atom stereocenters. The fraction of sp³-hybridized carbons (Fsp3) is 0.538. The number of aryl methyl sites for hydroxylation is 1. The van der Waals surface area contributed by atoms with Crippen LogP contribution in [0.4, 0.5) is 13.2 Å². The lowest BCUT2D eigenvalue weighted by molar-refractivity contribution is 0.304. The second kappa shape index (κ2) is 8.93. The maximum absolute atomic E-state index is 15.0. The molecule has 0 nitrogen and oxygen atoms in total. The van der Waals surface area contributed by atoms with Crippen LogP contribution in [0.2, 0.25) is 0 Å². The van der Waals surface area contributed by atoms with Crippen LogP contribution in [0.5, 0.6) is 0 Å². The molecule has 1 fully saturated rings. The summed E-state index contributed by atoms with van der Waals surface area (Å²) in [4.78, 5) is 0. The minimum atomic E-state index is -0.810. The fourth-order valence-electron chi connectivity index (χ4n) is 5.44. The van der Waals surface area contributed by atoms with Gasteiger partial charge in [0.15, 0.2) is 11.6 Å². The zero-order chi connectivity index (χ0) is 20.4. The van der Waals surface area contributed by atoms with Gasteiger partial charge in [-0.3, -0.25) is 0 Å². The molecule has 156 valence electrons. The number of unbranched alkanes of at least 4 members (excludes halogenated alkanes) is 1. The summed E-state index contributed by atoms with van der Waals surface area (Å²) in [5, 5.41) is 0. The van der Waals surface area contributed by atoms with Gasteiger partial charge in [-0.05, 0) is 97.1 Å². The van der Waals surface area contributed by atoms with Gasteiger partial charge in [-0.25, -0.2) is 13.2 Å². The average molecular weight is 401 g/mol. The van der Waals surface area contributed by atoms with Crippen LogP contribution >= 0.6 is 0 Å². The zero-order valence-corrected chi connectivity index (χ0v) is 17.3. The molecule has 0 radical (unpaired) electrons. The molecule has 2 aromatic rings. The highest BCUT2D eigenvalue weighted by Crippen LogP contribution is 2.40. The molecule has 0 aliphatic heterocycles. The van der Waals surface area contributed by atoms with Gasteiger partial charge in [0, 0.05) is 0 Å². The van der Waals surface area contributed by atoms with Crippen molar-refractivity contribution in [2.24, 2.45) is 5.92 Å². The van der Waals surface area contributed by atoms with E-state index in [0.29, 0.717) is 29.9 Å². The number of rotatable bonds is 5. The molecule has 0 bridgehead atoms. The normalized spacial score (nSPS) is 24.3. The number of halogens is 3. The highest BCUT2D eigenvalue weighted by molar-refractivity contribution is 5.37. The van der Waals surface area contributed by atoms with E-state index < -0.39 is 11.6 Å². The molecule has 2 aliphatic carbocycles.